The molecule has 0 saturated carbocycles. The zero-order valence-electron chi connectivity index (χ0n) is 9.67. The lowest BCUT2D eigenvalue weighted by atomic mass is 10.0. The molecule has 0 aromatic heterocycles. The number of carbonyl (C=O) groups excluding carboxylic acids is 1. The van der Waals surface area contributed by atoms with Gasteiger partial charge in [-0.15, -0.1) is 0 Å². The van der Waals surface area contributed by atoms with Crippen molar-refractivity contribution in [2.24, 2.45) is 0 Å². The average molecular weight is 287 g/mol. The number of benzene rings is 1. The first-order valence-corrected chi connectivity index (χ1v) is 6.16. The van der Waals surface area contributed by atoms with Crippen LogP contribution in [0.1, 0.15) is 28.4 Å². The first-order valence-electron chi connectivity index (χ1n) is 5.04. The molecule has 0 heterocycles. The largest absolute Gasteiger partial charge is 0.496 e. The van der Waals surface area contributed by atoms with Crippen molar-refractivity contribution in [1.29, 1.82) is 0 Å². The van der Waals surface area contributed by atoms with Crippen molar-refractivity contribution in [3.63, 3.8) is 0 Å². The minimum absolute atomic E-state index is 0.289. The summed E-state index contributed by atoms with van der Waals surface area (Å²) in [5, 5.41) is 0.595. The lowest BCUT2D eigenvalue weighted by molar-refractivity contribution is 0.0525. The van der Waals surface area contributed by atoms with Crippen molar-refractivity contribution in [2.45, 2.75) is 19.2 Å². The molecule has 4 heteroatoms. The number of methoxy groups -OCH3 is 1. The Morgan fingerprint density at radius 2 is 2.12 bits per heavy atom. The molecule has 0 saturated heterocycles. The van der Waals surface area contributed by atoms with Crippen molar-refractivity contribution < 1.29 is 14.3 Å². The molecule has 0 atom stereocenters. The maximum atomic E-state index is 11.7. The third-order valence-corrected chi connectivity index (χ3v) is 2.86. The van der Waals surface area contributed by atoms with E-state index in [0.717, 1.165) is 16.9 Å². The molecule has 0 fully saturated rings. The number of halogens is 1. The molecule has 1 rings (SSSR count). The van der Waals surface area contributed by atoms with Gasteiger partial charge < -0.3 is 9.47 Å². The second kappa shape index (κ2) is 5.89. The Morgan fingerprint density at radius 3 is 2.62 bits per heavy atom. The Labute approximate surface area is 104 Å². The fraction of sp³-hybridized carbons (Fsp3) is 0.417. The first kappa shape index (κ1) is 13.0. The van der Waals surface area contributed by atoms with Crippen LogP contribution in [0.3, 0.4) is 0 Å². The van der Waals surface area contributed by atoms with Gasteiger partial charge in [0, 0.05) is 5.33 Å². The van der Waals surface area contributed by atoms with Gasteiger partial charge in [-0.3, -0.25) is 0 Å². The maximum Gasteiger partial charge on any atom is 0.338 e. The zero-order chi connectivity index (χ0) is 12.1. The minimum atomic E-state index is -0.289. The molecule has 0 N–H and O–H groups in total. The number of hydrogen-bond acceptors (Lipinski definition) is 3. The highest BCUT2D eigenvalue weighted by Crippen LogP contribution is 2.25. The molecule has 0 aliphatic carbocycles. The summed E-state index contributed by atoms with van der Waals surface area (Å²) in [6.07, 6.45) is 0. The van der Waals surface area contributed by atoms with E-state index in [1.807, 2.05) is 13.0 Å². The summed E-state index contributed by atoms with van der Waals surface area (Å²) < 4.78 is 10.2. The van der Waals surface area contributed by atoms with Crippen molar-refractivity contribution >= 4 is 21.9 Å². The average Bonchev–Trinajstić information content (AvgIpc) is 2.29. The van der Waals surface area contributed by atoms with Gasteiger partial charge >= 0.3 is 5.97 Å². The van der Waals surface area contributed by atoms with Crippen LogP contribution >= 0.6 is 15.9 Å². The van der Waals surface area contributed by atoms with Crippen LogP contribution in [0.2, 0.25) is 0 Å². The third kappa shape index (κ3) is 2.76. The van der Waals surface area contributed by atoms with Crippen LogP contribution in [0.25, 0.3) is 0 Å². The second-order valence-corrected chi connectivity index (χ2v) is 3.89. The molecule has 0 amide bonds. The molecule has 0 unspecified atom stereocenters. The van der Waals surface area contributed by atoms with Gasteiger partial charge in [0.1, 0.15) is 5.75 Å². The Morgan fingerprint density at radius 1 is 1.44 bits per heavy atom. The van der Waals surface area contributed by atoms with Gasteiger partial charge in [-0.25, -0.2) is 4.79 Å². The number of alkyl halides is 1. The van der Waals surface area contributed by atoms with Crippen LogP contribution in [-0.4, -0.2) is 19.7 Å². The van der Waals surface area contributed by atoms with E-state index in [1.54, 1.807) is 20.1 Å². The molecule has 16 heavy (non-hydrogen) atoms. The van der Waals surface area contributed by atoms with E-state index in [9.17, 15) is 4.79 Å². The van der Waals surface area contributed by atoms with Crippen LogP contribution in [0.4, 0.5) is 0 Å². The summed E-state index contributed by atoms with van der Waals surface area (Å²) in [6, 6.07) is 3.66. The molecule has 0 radical (unpaired) electrons. The summed E-state index contributed by atoms with van der Waals surface area (Å²) in [6.45, 7) is 4.08. The number of rotatable bonds is 4. The van der Waals surface area contributed by atoms with E-state index in [0.29, 0.717) is 17.5 Å². The number of ether oxygens (including phenoxy) is 2. The molecular formula is C12H15BrO3. The minimum Gasteiger partial charge on any atom is -0.496 e. The van der Waals surface area contributed by atoms with Crippen molar-refractivity contribution in [1.82, 2.24) is 0 Å². The Bertz CT molecular complexity index is 388. The van der Waals surface area contributed by atoms with E-state index in [1.165, 1.54) is 0 Å². The Balaban J connectivity index is 3.17. The highest BCUT2D eigenvalue weighted by atomic mass is 79.9. The quantitative estimate of drug-likeness (QED) is 0.630. The number of hydrogen-bond donors (Lipinski definition) is 0. The molecule has 1 aromatic carbocycles. The van der Waals surface area contributed by atoms with E-state index in [2.05, 4.69) is 15.9 Å². The van der Waals surface area contributed by atoms with Crippen LogP contribution in [0.15, 0.2) is 12.1 Å². The van der Waals surface area contributed by atoms with E-state index < -0.39 is 0 Å². The number of aryl methyl sites for hydroxylation is 1. The SMILES string of the molecule is CCOC(=O)c1cc(C)c(OC)cc1CBr. The smallest absolute Gasteiger partial charge is 0.338 e. The fourth-order valence-corrected chi connectivity index (χ4v) is 1.92. The highest BCUT2D eigenvalue weighted by Gasteiger charge is 2.14. The molecule has 0 spiro atoms. The lowest BCUT2D eigenvalue weighted by Gasteiger charge is -2.11. The molecule has 0 bridgehead atoms. The van der Waals surface area contributed by atoms with E-state index >= 15 is 0 Å². The van der Waals surface area contributed by atoms with Gasteiger partial charge in [0.2, 0.25) is 0 Å². The number of carbonyl (C=O) groups is 1. The third-order valence-electron chi connectivity index (χ3n) is 2.26. The van der Waals surface area contributed by atoms with Crippen molar-refractivity contribution in [2.75, 3.05) is 13.7 Å². The maximum absolute atomic E-state index is 11.7. The van der Waals surface area contributed by atoms with E-state index in [-0.39, 0.29) is 5.97 Å². The Kier molecular flexibility index (Phi) is 4.80. The highest BCUT2D eigenvalue weighted by molar-refractivity contribution is 9.08. The van der Waals surface area contributed by atoms with Gasteiger partial charge in [0.05, 0.1) is 19.3 Å². The van der Waals surface area contributed by atoms with Gasteiger partial charge in [0.15, 0.2) is 0 Å². The fourth-order valence-electron chi connectivity index (χ4n) is 1.46. The summed E-state index contributed by atoms with van der Waals surface area (Å²) in [5.74, 6) is 0.491. The van der Waals surface area contributed by atoms with Crippen molar-refractivity contribution in [3.05, 3.63) is 28.8 Å². The number of esters is 1. The monoisotopic (exact) mass is 286 g/mol. The summed E-state index contributed by atoms with van der Waals surface area (Å²) >= 11 is 3.35. The van der Waals surface area contributed by atoms with Crippen LogP contribution < -0.4 is 4.74 Å². The normalized spacial score (nSPS) is 10.0. The zero-order valence-corrected chi connectivity index (χ0v) is 11.3. The summed E-state index contributed by atoms with van der Waals surface area (Å²) in [5.41, 5.74) is 2.40. The predicted molar refractivity (Wildman–Crippen MR) is 66.3 cm³/mol. The molecule has 0 aliphatic heterocycles. The predicted octanol–water partition coefficient (Wildman–Crippen LogP) is 3.08. The molecule has 1 aromatic rings. The van der Waals surface area contributed by atoms with Crippen LogP contribution in [0.5, 0.6) is 5.75 Å². The second-order valence-electron chi connectivity index (χ2n) is 3.33. The van der Waals surface area contributed by atoms with Crippen LogP contribution in [-0.2, 0) is 10.1 Å². The van der Waals surface area contributed by atoms with Gasteiger partial charge in [0.25, 0.3) is 0 Å². The molecule has 3 nitrogen and oxygen atoms in total. The molecular weight excluding hydrogens is 272 g/mol. The summed E-state index contributed by atoms with van der Waals surface area (Å²) in [4.78, 5) is 11.7. The van der Waals surface area contributed by atoms with Crippen LogP contribution in [0, 0.1) is 6.92 Å². The van der Waals surface area contributed by atoms with Gasteiger partial charge in [-0.1, -0.05) is 15.9 Å². The Hall–Kier alpha value is -1.03. The van der Waals surface area contributed by atoms with Crippen molar-refractivity contribution in [3.8, 4) is 5.75 Å². The van der Waals surface area contributed by atoms with Gasteiger partial charge in [-0.05, 0) is 37.1 Å². The summed E-state index contributed by atoms with van der Waals surface area (Å²) in [7, 11) is 1.62. The molecule has 88 valence electrons. The first-order chi connectivity index (χ1) is 7.63. The topological polar surface area (TPSA) is 35.5 Å². The van der Waals surface area contributed by atoms with Gasteiger partial charge in [-0.2, -0.15) is 0 Å². The van der Waals surface area contributed by atoms with E-state index in [4.69, 9.17) is 9.47 Å². The standard InChI is InChI=1S/C12H15BrO3/c1-4-16-12(14)10-5-8(2)11(15-3)6-9(10)7-13/h5-6H,4,7H2,1-3H3. The molecule has 0 aliphatic rings. The lowest BCUT2D eigenvalue weighted by Crippen LogP contribution is -2.08.